The molecule has 0 spiro atoms. The summed E-state index contributed by atoms with van der Waals surface area (Å²) in [6, 6.07) is 28.4. The summed E-state index contributed by atoms with van der Waals surface area (Å²) >= 11 is 0. The predicted molar refractivity (Wildman–Crippen MR) is 111 cm³/mol. The van der Waals surface area contributed by atoms with Crippen molar-refractivity contribution in [1.29, 1.82) is 0 Å². The Kier molecular flexibility index (Phi) is 4.52. The summed E-state index contributed by atoms with van der Waals surface area (Å²) in [6.45, 7) is 6.12. The van der Waals surface area contributed by atoms with E-state index < -0.39 is 0 Å². The number of allylic oxidation sites excluding steroid dienone is 2. The van der Waals surface area contributed by atoms with E-state index in [4.69, 9.17) is 0 Å². The maximum absolute atomic E-state index is 4.35. The molecule has 130 valence electrons. The minimum atomic E-state index is 0.798. The molecule has 0 fully saturated rings. The zero-order valence-corrected chi connectivity index (χ0v) is 15.1. The molecular weight excluding hydrogens is 330 g/mol. The standard InChI is InChI=1S/C24H19N3/c1-18(2)24(27-23-16-10-9-15-22(23)25-26-27)17-21(19-11-5-3-6-12-19)20-13-7-4-8-14-20/h3-16H,1H2,2H3. The van der Waals surface area contributed by atoms with Gasteiger partial charge in [-0.3, -0.25) is 0 Å². The lowest BCUT2D eigenvalue weighted by atomic mass is 9.98. The number of hydrogen-bond donors (Lipinski definition) is 0. The van der Waals surface area contributed by atoms with E-state index in [-0.39, 0.29) is 0 Å². The fraction of sp³-hybridized carbons (Fsp3) is 0.0417. The summed E-state index contributed by atoms with van der Waals surface area (Å²) < 4.78 is 1.81. The fourth-order valence-electron chi connectivity index (χ4n) is 3.01. The molecule has 3 nitrogen and oxygen atoms in total. The molecule has 4 aromatic rings. The summed E-state index contributed by atoms with van der Waals surface area (Å²) in [5.41, 5.74) is 10.2. The Morgan fingerprint density at radius 2 is 1.37 bits per heavy atom. The second kappa shape index (κ2) is 7.28. The van der Waals surface area contributed by atoms with Crippen LogP contribution in [0.2, 0.25) is 0 Å². The van der Waals surface area contributed by atoms with E-state index in [1.807, 2.05) is 72.3 Å². The minimum absolute atomic E-state index is 0.798. The highest BCUT2D eigenvalue weighted by Gasteiger charge is 2.11. The molecule has 0 aliphatic rings. The molecule has 4 rings (SSSR count). The number of nitrogens with zero attached hydrogens (tertiary/aromatic N) is 3. The topological polar surface area (TPSA) is 30.7 Å². The Bertz CT molecular complexity index is 1120. The second-order valence-corrected chi connectivity index (χ2v) is 6.35. The van der Waals surface area contributed by atoms with E-state index in [0.29, 0.717) is 0 Å². The minimum Gasteiger partial charge on any atom is -0.205 e. The van der Waals surface area contributed by atoms with Crippen LogP contribution < -0.4 is 0 Å². The van der Waals surface area contributed by atoms with E-state index in [2.05, 4.69) is 46.9 Å². The zero-order valence-electron chi connectivity index (χ0n) is 15.1. The maximum Gasteiger partial charge on any atom is 0.113 e. The molecular formula is C24H19N3. The van der Waals surface area contributed by atoms with E-state index in [9.17, 15) is 0 Å². The van der Waals surface area contributed by atoms with Crippen molar-refractivity contribution in [3.05, 3.63) is 114 Å². The van der Waals surface area contributed by atoms with Gasteiger partial charge in [0.2, 0.25) is 0 Å². The van der Waals surface area contributed by atoms with Gasteiger partial charge in [0, 0.05) is 5.57 Å². The normalized spacial score (nSPS) is 10.4. The lowest BCUT2D eigenvalue weighted by Gasteiger charge is -2.09. The second-order valence-electron chi connectivity index (χ2n) is 6.35. The molecule has 0 bridgehead atoms. The first-order valence-corrected chi connectivity index (χ1v) is 8.82. The Balaban J connectivity index is 2.05. The van der Waals surface area contributed by atoms with Crippen LogP contribution in [-0.4, -0.2) is 15.0 Å². The van der Waals surface area contributed by atoms with Gasteiger partial charge in [-0.25, -0.2) is 4.68 Å². The third kappa shape index (κ3) is 3.37. The fourth-order valence-corrected chi connectivity index (χ4v) is 3.01. The number of benzene rings is 3. The maximum atomic E-state index is 4.35. The van der Waals surface area contributed by atoms with Gasteiger partial charge < -0.3 is 0 Å². The van der Waals surface area contributed by atoms with Crippen molar-refractivity contribution in [3.63, 3.8) is 0 Å². The SMILES string of the molecule is C=C(C)C(=C=C(c1ccccc1)c1ccccc1)n1nnc2ccccc21. The zero-order chi connectivity index (χ0) is 18.6. The van der Waals surface area contributed by atoms with Crippen LogP contribution in [0.4, 0.5) is 0 Å². The number of rotatable bonds is 4. The Morgan fingerprint density at radius 1 is 0.815 bits per heavy atom. The molecule has 1 heterocycles. The average molecular weight is 349 g/mol. The summed E-state index contributed by atoms with van der Waals surface area (Å²) in [4.78, 5) is 0. The van der Waals surface area contributed by atoms with Crippen molar-refractivity contribution >= 4 is 22.3 Å². The highest BCUT2D eigenvalue weighted by molar-refractivity contribution is 5.86. The summed E-state index contributed by atoms with van der Waals surface area (Å²) in [6.07, 6.45) is 0. The first-order valence-electron chi connectivity index (χ1n) is 8.82. The quantitative estimate of drug-likeness (QED) is 0.356. The van der Waals surface area contributed by atoms with E-state index in [1.54, 1.807) is 0 Å². The van der Waals surface area contributed by atoms with Crippen LogP contribution in [0.15, 0.2) is 103 Å². The van der Waals surface area contributed by atoms with Crippen molar-refractivity contribution in [1.82, 2.24) is 15.0 Å². The molecule has 0 N–H and O–H groups in total. The Labute approximate surface area is 158 Å². The van der Waals surface area contributed by atoms with Crippen molar-refractivity contribution in [2.24, 2.45) is 0 Å². The molecule has 0 aliphatic carbocycles. The highest BCUT2D eigenvalue weighted by Crippen LogP contribution is 2.26. The van der Waals surface area contributed by atoms with Crippen molar-refractivity contribution < 1.29 is 0 Å². The van der Waals surface area contributed by atoms with E-state index in [0.717, 1.165) is 39.0 Å². The van der Waals surface area contributed by atoms with Crippen LogP contribution in [0.1, 0.15) is 18.1 Å². The summed E-state index contributed by atoms with van der Waals surface area (Å²) in [7, 11) is 0. The van der Waals surface area contributed by atoms with Crippen LogP contribution in [0.3, 0.4) is 0 Å². The number of para-hydroxylation sites is 1. The molecule has 3 aromatic carbocycles. The van der Waals surface area contributed by atoms with E-state index in [1.165, 1.54) is 0 Å². The van der Waals surface area contributed by atoms with Gasteiger partial charge >= 0.3 is 0 Å². The Morgan fingerprint density at radius 3 is 1.96 bits per heavy atom. The predicted octanol–water partition coefficient (Wildman–Crippen LogP) is 5.58. The smallest absolute Gasteiger partial charge is 0.113 e. The first kappa shape index (κ1) is 16.8. The molecule has 0 saturated carbocycles. The molecule has 1 aromatic heterocycles. The first-order chi connectivity index (χ1) is 13.2. The highest BCUT2D eigenvalue weighted by atomic mass is 15.4. The van der Waals surface area contributed by atoms with Gasteiger partial charge in [0.15, 0.2) is 0 Å². The molecule has 3 heteroatoms. The third-order valence-corrected chi connectivity index (χ3v) is 4.34. The van der Waals surface area contributed by atoms with E-state index >= 15 is 0 Å². The van der Waals surface area contributed by atoms with Crippen LogP contribution in [0.5, 0.6) is 0 Å². The summed E-state index contributed by atoms with van der Waals surface area (Å²) in [5.74, 6) is 0. The molecule has 0 saturated heterocycles. The summed E-state index contributed by atoms with van der Waals surface area (Å²) in [5, 5.41) is 8.63. The van der Waals surface area contributed by atoms with Crippen LogP contribution in [-0.2, 0) is 0 Å². The average Bonchev–Trinajstić information content (AvgIpc) is 3.14. The van der Waals surface area contributed by atoms with Crippen LogP contribution in [0, 0.1) is 0 Å². The monoisotopic (exact) mass is 349 g/mol. The van der Waals surface area contributed by atoms with Crippen molar-refractivity contribution in [2.75, 3.05) is 0 Å². The molecule has 0 atom stereocenters. The largest absolute Gasteiger partial charge is 0.205 e. The number of aromatic nitrogens is 3. The van der Waals surface area contributed by atoms with Gasteiger partial charge in [0.05, 0.1) is 5.52 Å². The third-order valence-electron chi connectivity index (χ3n) is 4.34. The molecule has 0 unspecified atom stereocenters. The van der Waals surface area contributed by atoms with Gasteiger partial charge in [-0.2, -0.15) is 0 Å². The molecule has 27 heavy (non-hydrogen) atoms. The van der Waals surface area contributed by atoms with Gasteiger partial charge in [-0.05, 0) is 35.8 Å². The number of fused-ring (bicyclic) bond motifs is 1. The Hall–Kier alpha value is -3.68. The molecule has 0 radical (unpaired) electrons. The lowest BCUT2D eigenvalue weighted by Crippen LogP contribution is -2.00. The van der Waals surface area contributed by atoms with Crippen LogP contribution >= 0.6 is 0 Å². The van der Waals surface area contributed by atoms with Crippen molar-refractivity contribution in [3.8, 4) is 0 Å². The lowest BCUT2D eigenvalue weighted by molar-refractivity contribution is 0.840. The molecule has 0 amide bonds. The van der Waals surface area contributed by atoms with Gasteiger partial charge in [-0.1, -0.05) is 90.3 Å². The van der Waals surface area contributed by atoms with Crippen molar-refractivity contribution in [2.45, 2.75) is 6.92 Å². The van der Waals surface area contributed by atoms with Gasteiger partial charge in [0.25, 0.3) is 0 Å². The van der Waals surface area contributed by atoms with Crippen LogP contribution in [0.25, 0.3) is 22.3 Å². The number of hydrogen-bond acceptors (Lipinski definition) is 2. The molecule has 0 aliphatic heterocycles. The van der Waals surface area contributed by atoms with Gasteiger partial charge in [0.1, 0.15) is 11.2 Å². The van der Waals surface area contributed by atoms with Gasteiger partial charge in [-0.15, -0.1) is 5.10 Å².